The number of aromatic nitrogens is 1. The highest BCUT2D eigenvalue weighted by atomic mass is 32.1. The molecule has 5 nitrogen and oxygen atoms in total. The number of hydrogen-bond acceptors (Lipinski definition) is 5. The number of thiazole rings is 1. The SMILES string of the molecule is COc1ccc(CNc2nc3c(s2)CCC3C(=O)O)cc1. The van der Waals surface area contributed by atoms with E-state index in [-0.39, 0.29) is 0 Å². The third-order valence-corrected chi connectivity index (χ3v) is 4.71. The minimum absolute atomic E-state index is 0.437. The number of ether oxygens (including phenoxy) is 1. The van der Waals surface area contributed by atoms with Gasteiger partial charge >= 0.3 is 5.97 Å². The van der Waals surface area contributed by atoms with E-state index in [2.05, 4.69) is 10.3 Å². The lowest BCUT2D eigenvalue weighted by molar-refractivity contribution is -0.138. The summed E-state index contributed by atoms with van der Waals surface area (Å²) in [7, 11) is 1.64. The second-order valence-corrected chi connectivity index (χ2v) is 6.04. The molecule has 1 atom stereocenters. The molecule has 1 heterocycles. The summed E-state index contributed by atoms with van der Waals surface area (Å²) in [5.74, 6) is -0.384. The molecule has 1 aliphatic carbocycles. The standard InChI is InChI=1S/C15H16N2O3S/c1-20-10-4-2-9(3-5-10)8-16-15-17-13-11(14(18)19)6-7-12(13)21-15/h2-5,11H,6-8H2,1H3,(H,16,17)(H,18,19). The van der Waals surface area contributed by atoms with E-state index >= 15 is 0 Å². The Morgan fingerprint density at radius 2 is 2.24 bits per heavy atom. The maximum Gasteiger partial charge on any atom is 0.312 e. The van der Waals surface area contributed by atoms with Crippen LogP contribution < -0.4 is 10.1 Å². The number of fused-ring (bicyclic) bond motifs is 1. The highest BCUT2D eigenvalue weighted by molar-refractivity contribution is 7.15. The first-order valence-corrected chi connectivity index (χ1v) is 7.58. The zero-order valence-corrected chi connectivity index (χ0v) is 12.4. The van der Waals surface area contributed by atoms with Crippen molar-refractivity contribution >= 4 is 22.4 Å². The Morgan fingerprint density at radius 3 is 2.90 bits per heavy atom. The van der Waals surface area contributed by atoms with Crippen molar-refractivity contribution in [3.05, 3.63) is 40.4 Å². The lowest BCUT2D eigenvalue weighted by Gasteiger charge is -2.05. The third kappa shape index (κ3) is 2.85. The van der Waals surface area contributed by atoms with E-state index in [9.17, 15) is 4.79 Å². The molecule has 1 aliphatic rings. The Labute approximate surface area is 126 Å². The fourth-order valence-corrected chi connectivity index (χ4v) is 3.50. The molecule has 1 aromatic heterocycles. The molecule has 6 heteroatoms. The van der Waals surface area contributed by atoms with Gasteiger partial charge in [-0.25, -0.2) is 4.98 Å². The summed E-state index contributed by atoms with van der Waals surface area (Å²) in [5.41, 5.74) is 1.87. The molecular formula is C15H16N2O3S. The van der Waals surface area contributed by atoms with Gasteiger partial charge in [0.1, 0.15) is 11.7 Å². The fourth-order valence-electron chi connectivity index (χ4n) is 2.46. The Balaban J connectivity index is 1.66. The van der Waals surface area contributed by atoms with Gasteiger partial charge in [-0.05, 0) is 30.5 Å². The molecule has 2 aromatic rings. The van der Waals surface area contributed by atoms with Crippen LogP contribution in [0.4, 0.5) is 5.13 Å². The van der Waals surface area contributed by atoms with Crippen LogP contribution in [0.5, 0.6) is 5.75 Å². The molecule has 0 saturated heterocycles. The molecule has 110 valence electrons. The number of nitrogens with one attached hydrogen (secondary N) is 1. The number of carboxylic acids is 1. The van der Waals surface area contributed by atoms with Crippen LogP contribution in [0.25, 0.3) is 0 Å². The Bertz CT molecular complexity index is 651. The Hall–Kier alpha value is -2.08. The second kappa shape index (κ2) is 5.73. The topological polar surface area (TPSA) is 71.5 Å². The minimum Gasteiger partial charge on any atom is -0.497 e. The van der Waals surface area contributed by atoms with Crippen molar-refractivity contribution < 1.29 is 14.6 Å². The van der Waals surface area contributed by atoms with Gasteiger partial charge in [0, 0.05) is 11.4 Å². The number of carbonyl (C=O) groups is 1. The summed E-state index contributed by atoms with van der Waals surface area (Å²) in [5, 5.41) is 13.2. The van der Waals surface area contributed by atoms with Gasteiger partial charge in [0.15, 0.2) is 5.13 Å². The Kier molecular flexibility index (Phi) is 3.79. The van der Waals surface area contributed by atoms with Crippen LogP contribution in [0.15, 0.2) is 24.3 Å². The molecule has 0 amide bonds. The van der Waals surface area contributed by atoms with E-state index in [0.717, 1.165) is 33.4 Å². The van der Waals surface area contributed by atoms with Gasteiger partial charge in [-0.15, -0.1) is 11.3 Å². The van der Waals surface area contributed by atoms with Crippen molar-refractivity contribution in [3.8, 4) is 5.75 Å². The first-order valence-electron chi connectivity index (χ1n) is 6.76. The predicted octanol–water partition coefficient (Wildman–Crippen LogP) is 2.88. The van der Waals surface area contributed by atoms with Gasteiger partial charge in [-0.1, -0.05) is 12.1 Å². The molecule has 0 radical (unpaired) electrons. The minimum atomic E-state index is -0.777. The maximum atomic E-state index is 11.1. The van der Waals surface area contributed by atoms with Crippen molar-refractivity contribution in [1.82, 2.24) is 4.98 Å². The first kappa shape index (κ1) is 13.9. The Morgan fingerprint density at radius 1 is 1.48 bits per heavy atom. The smallest absolute Gasteiger partial charge is 0.312 e. The summed E-state index contributed by atoms with van der Waals surface area (Å²) in [6, 6.07) is 7.82. The van der Waals surface area contributed by atoms with Gasteiger partial charge in [-0.2, -0.15) is 0 Å². The van der Waals surface area contributed by atoms with Crippen LogP contribution in [0.2, 0.25) is 0 Å². The fraction of sp³-hybridized carbons (Fsp3) is 0.333. The summed E-state index contributed by atoms with van der Waals surface area (Å²) in [6.45, 7) is 0.661. The van der Waals surface area contributed by atoms with E-state index < -0.39 is 11.9 Å². The maximum absolute atomic E-state index is 11.1. The zero-order chi connectivity index (χ0) is 14.8. The van der Waals surface area contributed by atoms with Crippen LogP contribution in [0.1, 0.15) is 28.5 Å². The summed E-state index contributed by atoms with van der Waals surface area (Å²) < 4.78 is 5.12. The van der Waals surface area contributed by atoms with Crippen molar-refractivity contribution in [2.24, 2.45) is 0 Å². The van der Waals surface area contributed by atoms with Crippen LogP contribution in [-0.2, 0) is 17.8 Å². The largest absolute Gasteiger partial charge is 0.497 e. The summed E-state index contributed by atoms with van der Waals surface area (Å²) in [4.78, 5) is 16.7. The van der Waals surface area contributed by atoms with Crippen LogP contribution in [0, 0.1) is 0 Å². The zero-order valence-electron chi connectivity index (χ0n) is 11.6. The molecule has 0 fully saturated rings. The van der Waals surface area contributed by atoms with E-state index in [1.165, 1.54) is 0 Å². The third-order valence-electron chi connectivity index (χ3n) is 3.62. The van der Waals surface area contributed by atoms with Gasteiger partial charge in [0.05, 0.1) is 12.8 Å². The lowest BCUT2D eigenvalue weighted by atomic mass is 10.1. The van der Waals surface area contributed by atoms with Gasteiger partial charge in [0.2, 0.25) is 0 Å². The second-order valence-electron chi connectivity index (χ2n) is 4.96. The molecule has 3 rings (SSSR count). The number of aliphatic carboxylic acids is 1. The molecule has 0 bridgehead atoms. The van der Waals surface area contributed by atoms with Gasteiger partial charge in [0.25, 0.3) is 0 Å². The van der Waals surface area contributed by atoms with E-state index in [0.29, 0.717) is 13.0 Å². The number of rotatable bonds is 5. The summed E-state index contributed by atoms with van der Waals surface area (Å²) >= 11 is 1.56. The average molecular weight is 304 g/mol. The van der Waals surface area contributed by atoms with Crippen LogP contribution >= 0.6 is 11.3 Å². The normalized spacial score (nSPS) is 16.5. The van der Waals surface area contributed by atoms with Gasteiger partial charge < -0.3 is 15.2 Å². The van der Waals surface area contributed by atoms with Crippen molar-refractivity contribution in [2.75, 3.05) is 12.4 Å². The number of carboxylic acid groups (broad SMARTS) is 1. The van der Waals surface area contributed by atoms with E-state index in [1.807, 2.05) is 24.3 Å². The quantitative estimate of drug-likeness (QED) is 0.888. The number of nitrogens with zero attached hydrogens (tertiary/aromatic N) is 1. The molecule has 1 unspecified atom stereocenters. The lowest BCUT2D eigenvalue weighted by Crippen LogP contribution is -2.09. The molecule has 0 spiro atoms. The molecule has 21 heavy (non-hydrogen) atoms. The average Bonchev–Trinajstić information content (AvgIpc) is 3.05. The first-order chi connectivity index (χ1) is 10.2. The highest BCUT2D eigenvalue weighted by Gasteiger charge is 2.32. The van der Waals surface area contributed by atoms with Crippen molar-refractivity contribution in [2.45, 2.75) is 25.3 Å². The molecule has 0 saturated carbocycles. The molecular weight excluding hydrogens is 288 g/mol. The highest BCUT2D eigenvalue weighted by Crippen LogP contribution is 2.38. The number of benzene rings is 1. The van der Waals surface area contributed by atoms with Crippen molar-refractivity contribution in [1.29, 1.82) is 0 Å². The summed E-state index contributed by atoms with van der Waals surface area (Å²) in [6.07, 6.45) is 1.48. The molecule has 2 N–H and O–H groups in total. The monoisotopic (exact) mass is 304 g/mol. The van der Waals surface area contributed by atoms with Crippen LogP contribution in [0.3, 0.4) is 0 Å². The van der Waals surface area contributed by atoms with E-state index in [1.54, 1.807) is 18.4 Å². The number of anilines is 1. The number of hydrogen-bond donors (Lipinski definition) is 2. The van der Waals surface area contributed by atoms with Crippen LogP contribution in [-0.4, -0.2) is 23.2 Å². The molecule has 1 aromatic carbocycles. The molecule has 0 aliphatic heterocycles. The number of methoxy groups -OCH3 is 1. The number of aryl methyl sites for hydroxylation is 1. The van der Waals surface area contributed by atoms with Gasteiger partial charge in [-0.3, -0.25) is 4.79 Å². The van der Waals surface area contributed by atoms with Crippen molar-refractivity contribution in [3.63, 3.8) is 0 Å². The predicted molar refractivity (Wildman–Crippen MR) is 81.1 cm³/mol. The van der Waals surface area contributed by atoms with E-state index in [4.69, 9.17) is 9.84 Å².